The number of carbonyl (C=O) groups excluding carboxylic acids is 2. The maximum atomic E-state index is 15.0. The molecule has 55 heavy (non-hydrogen) atoms. The van der Waals surface area contributed by atoms with E-state index in [1.165, 1.54) is 18.2 Å². The van der Waals surface area contributed by atoms with Crippen molar-refractivity contribution < 1.29 is 34.8 Å². The van der Waals surface area contributed by atoms with Crippen molar-refractivity contribution >= 4 is 58.8 Å². The molecule has 0 bridgehead atoms. The molecule has 0 saturated heterocycles. The molecule has 3 N–H and O–H groups in total. The van der Waals surface area contributed by atoms with Crippen molar-refractivity contribution in [3.63, 3.8) is 0 Å². The summed E-state index contributed by atoms with van der Waals surface area (Å²) >= 11 is 0. The number of nitrogens with one attached hydrogen (secondary N) is 3. The second kappa shape index (κ2) is 15.8. The molecule has 0 spiro atoms. The number of amidine groups is 1. The SMILES string of the molecule is CC(C)CCC1(NS(=O)(=O)CCN(Cc2ccccc2)Cc2ccccc2)C(=O)C(C2=NS(=O)(=O)c3cc(NS(C)(=O)=O)ccc3N2)C(=O)c2ccccc21. The van der Waals surface area contributed by atoms with Crippen LogP contribution in [0.1, 0.15) is 53.7 Å². The summed E-state index contributed by atoms with van der Waals surface area (Å²) in [4.78, 5) is 30.9. The van der Waals surface area contributed by atoms with Crippen LogP contribution >= 0.6 is 0 Å². The Bertz CT molecular complexity index is 2420. The number of anilines is 2. The van der Waals surface area contributed by atoms with Gasteiger partial charge in [-0.3, -0.25) is 19.2 Å². The van der Waals surface area contributed by atoms with Crippen LogP contribution in [0.2, 0.25) is 0 Å². The predicted molar refractivity (Wildman–Crippen MR) is 212 cm³/mol. The highest BCUT2D eigenvalue weighted by Crippen LogP contribution is 2.42. The van der Waals surface area contributed by atoms with Gasteiger partial charge in [0.1, 0.15) is 22.2 Å². The monoisotopic (exact) mass is 805 g/mol. The summed E-state index contributed by atoms with van der Waals surface area (Å²) in [6, 6.07) is 29.3. The second-order valence-corrected chi connectivity index (χ2v) is 19.5. The van der Waals surface area contributed by atoms with Crippen molar-refractivity contribution in [1.29, 1.82) is 0 Å². The number of sulfonamides is 3. The molecule has 1 aliphatic carbocycles. The molecular weight excluding hydrogens is 763 g/mol. The van der Waals surface area contributed by atoms with E-state index in [0.717, 1.165) is 23.4 Å². The van der Waals surface area contributed by atoms with Crippen molar-refractivity contribution in [1.82, 2.24) is 9.62 Å². The molecule has 0 aromatic heterocycles. The summed E-state index contributed by atoms with van der Waals surface area (Å²) in [6.07, 6.45) is 1.28. The highest BCUT2D eigenvalue weighted by Gasteiger charge is 2.55. The number of rotatable bonds is 15. The molecule has 0 amide bonds. The van der Waals surface area contributed by atoms with Gasteiger partial charge in [0, 0.05) is 30.9 Å². The lowest BCUT2D eigenvalue weighted by Gasteiger charge is -2.41. The first-order valence-electron chi connectivity index (χ1n) is 17.7. The van der Waals surface area contributed by atoms with Crippen molar-refractivity contribution in [3.05, 3.63) is 125 Å². The molecule has 2 unspecified atom stereocenters. The lowest BCUT2D eigenvalue weighted by atomic mass is 9.67. The van der Waals surface area contributed by atoms with Gasteiger partial charge in [0.2, 0.25) is 20.0 Å². The topological polar surface area (TPSA) is 188 Å². The van der Waals surface area contributed by atoms with Gasteiger partial charge in [0.25, 0.3) is 10.0 Å². The van der Waals surface area contributed by atoms with Crippen molar-refractivity contribution in [3.8, 4) is 0 Å². The van der Waals surface area contributed by atoms with Crippen LogP contribution in [0.4, 0.5) is 11.4 Å². The van der Waals surface area contributed by atoms with E-state index in [1.807, 2.05) is 79.4 Å². The van der Waals surface area contributed by atoms with E-state index in [0.29, 0.717) is 19.5 Å². The Hall–Kier alpha value is -4.74. The van der Waals surface area contributed by atoms with E-state index < -0.39 is 58.9 Å². The van der Waals surface area contributed by atoms with Gasteiger partial charge in [-0.05, 0) is 53.6 Å². The minimum atomic E-state index is -4.57. The smallest absolute Gasteiger partial charge is 0.286 e. The van der Waals surface area contributed by atoms with Gasteiger partial charge in [-0.25, -0.2) is 16.8 Å². The Morgan fingerprint density at radius 2 is 1.45 bits per heavy atom. The molecule has 1 aliphatic heterocycles. The van der Waals surface area contributed by atoms with Crippen molar-refractivity contribution in [2.45, 2.75) is 50.2 Å². The summed E-state index contributed by atoms with van der Waals surface area (Å²) in [7, 11) is -12.6. The first kappa shape index (κ1) is 39.9. The summed E-state index contributed by atoms with van der Waals surface area (Å²) in [6.45, 7) is 4.90. The van der Waals surface area contributed by atoms with Crippen LogP contribution in [0.25, 0.3) is 0 Å². The molecule has 6 rings (SSSR count). The van der Waals surface area contributed by atoms with Gasteiger partial charge in [0.05, 0.1) is 17.7 Å². The zero-order valence-electron chi connectivity index (χ0n) is 30.6. The first-order valence-corrected chi connectivity index (χ1v) is 22.7. The number of hydrogen-bond donors (Lipinski definition) is 3. The van der Waals surface area contributed by atoms with E-state index in [9.17, 15) is 30.0 Å². The average molecular weight is 806 g/mol. The molecule has 1 heterocycles. The number of hydrogen-bond acceptors (Lipinski definition) is 10. The van der Waals surface area contributed by atoms with Gasteiger partial charge >= 0.3 is 0 Å². The third kappa shape index (κ3) is 9.22. The third-order valence-electron chi connectivity index (χ3n) is 9.52. The Kier molecular flexibility index (Phi) is 11.5. The van der Waals surface area contributed by atoms with E-state index in [4.69, 9.17) is 0 Å². The van der Waals surface area contributed by atoms with Gasteiger partial charge < -0.3 is 5.32 Å². The zero-order chi connectivity index (χ0) is 39.6. The fourth-order valence-electron chi connectivity index (χ4n) is 6.94. The second-order valence-electron chi connectivity index (χ2n) is 14.3. The van der Waals surface area contributed by atoms with Crippen molar-refractivity contribution in [2.24, 2.45) is 16.2 Å². The molecular formula is C39H43N5O8S3. The molecule has 0 saturated carbocycles. The number of fused-ring (bicyclic) bond motifs is 2. The van der Waals surface area contributed by atoms with Crippen LogP contribution in [0.5, 0.6) is 0 Å². The van der Waals surface area contributed by atoms with Crippen LogP contribution in [0, 0.1) is 11.8 Å². The van der Waals surface area contributed by atoms with Gasteiger partial charge in [0.15, 0.2) is 11.6 Å². The van der Waals surface area contributed by atoms with Crippen LogP contribution in [-0.2, 0) is 53.5 Å². The van der Waals surface area contributed by atoms with Crippen LogP contribution in [-0.4, -0.2) is 66.1 Å². The summed E-state index contributed by atoms with van der Waals surface area (Å²) in [5, 5.41) is 2.82. The fraction of sp³-hybridized carbons (Fsp3) is 0.308. The molecule has 13 nitrogen and oxygen atoms in total. The maximum Gasteiger partial charge on any atom is 0.286 e. The van der Waals surface area contributed by atoms with E-state index in [2.05, 4.69) is 19.2 Å². The lowest BCUT2D eigenvalue weighted by Crippen LogP contribution is -2.61. The minimum Gasteiger partial charge on any atom is -0.341 e. The molecule has 2 atom stereocenters. The van der Waals surface area contributed by atoms with E-state index >= 15 is 4.79 Å². The van der Waals surface area contributed by atoms with E-state index in [1.54, 1.807) is 18.2 Å². The Morgan fingerprint density at radius 1 is 0.855 bits per heavy atom. The molecule has 290 valence electrons. The van der Waals surface area contributed by atoms with Gasteiger partial charge in [-0.2, -0.15) is 13.1 Å². The average Bonchev–Trinajstić information content (AvgIpc) is 3.12. The summed E-state index contributed by atoms with van der Waals surface area (Å²) in [5.41, 5.74) is 0.233. The number of nitrogens with zero attached hydrogens (tertiary/aromatic N) is 2. The molecule has 16 heteroatoms. The third-order valence-corrected chi connectivity index (χ3v) is 12.8. The molecule has 0 radical (unpaired) electrons. The zero-order valence-corrected chi connectivity index (χ0v) is 33.0. The van der Waals surface area contributed by atoms with Gasteiger partial charge in [-0.1, -0.05) is 98.8 Å². The Balaban J connectivity index is 1.36. The van der Waals surface area contributed by atoms with Crippen molar-refractivity contribution in [2.75, 3.05) is 28.6 Å². The minimum absolute atomic E-state index is 0.0155. The number of benzene rings is 4. The van der Waals surface area contributed by atoms with Crippen LogP contribution in [0.3, 0.4) is 0 Å². The number of Topliss-reactive ketones (excluding diaryl/α,β-unsaturated/α-hetero) is 2. The maximum absolute atomic E-state index is 15.0. The first-order chi connectivity index (χ1) is 26.0. The molecule has 4 aromatic carbocycles. The molecule has 4 aromatic rings. The normalized spacial score (nSPS) is 19.4. The summed E-state index contributed by atoms with van der Waals surface area (Å²) in [5.74, 6) is -4.24. The standard InChI is InChI=1S/C39H43N5O8S3/c1-27(2)20-21-39(43-54(49,50)23-22-44(25-28-12-6-4-7-13-28)26-29-14-8-5-9-15-29)32-17-11-10-16-31(32)36(45)35(37(39)46)38-40-33-19-18-30(41-53(3,47)48)24-34(33)55(51,52)42-38/h4-19,24,27,35,41,43H,20-23,25-26H2,1-3H3,(H,40,42). The number of ketones is 2. The molecule has 2 aliphatic rings. The van der Waals surface area contributed by atoms with Crippen LogP contribution < -0.4 is 14.8 Å². The highest BCUT2D eigenvalue weighted by atomic mass is 32.2. The van der Waals surface area contributed by atoms with E-state index in [-0.39, 0.29) is 52.0 Å². The quantitative estimate of drug-likeness (QED) is 0.139. The largest absolute Gasteiger partial charge is 0.341 e. The highest BCUT2D eigenvalue weighted by molar-refractivity contribution is 7.92. The lowest BCUT2D eigenvalue weighted by molar-refractivity contribution is -0.127. The molecule has 0 fully saturated rings. The number of carbonyl (C=O) groups is 2. The predicted octanol–water partition coefficient (Wildman–Crippen LogP) is 4.91. The Morgan fingerprint density at radius 3 is 2.05 bits per heavy atom. The Labute approximate surface area is 322 Å². The van der Waals surface area contributed by atoms with Gasteiger partial charge in [-0.15, -0.1) is 4.40 Å². The summed E-state index contributed by atoms with van der Waals surface area (Å²) < 4.78 is 88.2. The fourth-order valence-corrected chi connectivity index (χ4v) is 10.1. The van der Waals surface area contributed by atoms with Crippen LogP contribution in [0.15, 0.2) is 112 Å².